The molecule has 4 nitrogen and oxygen atoms in total. The van der Waals surface area contributed by atoms with Crippen molar-refractivity contribution in [2.75, 3.05) is 23.8 Å². The van der Waals surface area contributed by atoms with Crippen LogP contribution in [0.5, 0.6) is 0 Å². The van der Waals surface area contributed by atoms with Crippen molar-refractivity contribution in [2.45, 2.75) is 12.3 Å². The maximum atomic E-state index is 12.7. The topological polar surface area (TPSA) is 45.2 Å². The molecule has 1 aromatic carbocycles. The lowest BCUT2D eigenvalue weighted by Gasteiger charge is -2.29. The zero-order valence-corrected chi connectivity index (χ0v) is 11.4. The lowest BCUT2D eigenvalue weighted by molar-refractivity contribution is -0.119. The largest absolute Gasteiger partial charge is 0.385 e. The third-order valence-corrected chi connectivity index (χ3v) is 3.75. The highest BCUT2D eigenvalue weighted by Gasteiger charge is 2.28. The predicted molar refractivity (Wildman–Crippen MR) is 79.9 cm³/mol. The SMILES string of the molecule is CN(C(=O)C1CCNc2ccccc21)c1cccnc1. The number of likely N-dealkylation sites (N-methyl/N-ethyl adjacent to an activating group) is 1. The fourth-order valence-electron chi connectivity index (χ4n) is 2.64. The maximum absolute atomic E-state index is 12.7. The van der Waals surface area contributed by atoms with Gasteiger partial charge in [-0.15, -0.1) is 0 Å². The highest BCUT2D eigenvalue weighted by molar-refractivity contribution is 5.98. The third-order valence-electron chi connectivity index (χ3n) is 3.75. The molecule has 102 valence electrons. The standard InChI is InChI=1S/C16H17N3O/c1-19(12-5-4-9-17-11-12)16(20)14-8-10-18-15-7-3-2-6-13(14)15/h2-7,9,11,14,18H,8,10H2,1H3. The number of amides is 1. The molecule has 1 amide bonds. The Kier molecular flexibility index (Phi) is 3.37. The molecule has 1 unspecified atom stereocenters. The summed E-state index contributed by atoms with van der Waals surface area (Å²) in [5.74, 6) is 0.0320. The van der Waals surface area contributed by atoms with Gasteiger partial charge in [-0.25, -0.2) is 0 Å². The minimum Gasteiger partial charge on any atom is -0.385 e. The highest BCUT2D eigenvalue weighted by atomic mass is 16.2. The average molecular weight is 267 g/mol. The summed E-state index contributed by atoms with van der Waals surface area (Å²) in [5.41, 5.74) is 2.98. The molecule has 1 N–H and O–H groups in total. The molecule has 0 saturated carbocycles. The van der Waals surface area contributed by atoms with Gasteiger partial charge in [-0.3, -0.25) is 9.78 Å². The van der Waals surface area contributed by atoms with Gasteiger partial charge in [0.15, 0.2) is 0 Å². The first-order valence-corrected chi connectivity index (χ1v) is 6.78. The first-order chi connectivity index (χ1) is 9.77. The zero-order valence-electron chi connectivity index (χ0n) is 11.4. The van der Waals surface area contributed by atoms with Crippen molar-refractivity contribution in [2.24, 2.45) is 0 Å². The van der Waals surface area contributed by atoms with Crippen LogP contribution in [0.4, 0.5) is 11.4 Å². The van der Waals surface area contributed by atoms with Crippen LogP contribution in [0.2, 0.25) is 0 Å². The van der Waals surface area contributed by atoms with Gasteiger partial charge in [0.05, 0.1) is 17.8 Å². The molecule has 20 heavy (non-hydrogen) atoms. The molecular weight excluding hydrogens is 250 g/mol. The van der Waals surface area contributed by atoms with Crippen LogP contribution in [0.3, 0.4) is 0 Å². The number of aromatic nitrogens is 1. The molecule has 2 aromatic rings. The van der Waals surface area contributed by atoms with E-state index in [0.717, 1.165) is 29.9 Å². The Bertz CT molecular complexity index is 612. The number of carbonyl (C=O) groups excluding carboxylic acids is 1. The van der Waals surface area contributed by atoms with Crippen molar-refractivity contribution >= 4 is 17.3 Å². The van der Waals surface area contributed by atoms with E-state index in [1.165, 1.54) is 0 Å². The Morgan fingerprint density at radius 2 is 2.15 bits per heavy atom. The highest BCUT2D eigenvalue weighted by Crippen LogP contribution is 2.33. The van der Waals surface area contributed by atoms with Crippen molar-refractivity contribution in [1.82, 2.24) is 4.98 Å². The second-order valence-electron chi connectivity index (χ2n) is 4.96. The number of anilines is 2. The van der Waals surface area contributed by atoms with Crippen molar-refractivity contribution < 1.29 is 4.79 Å². The van der Waals surface area contributed by atoms with E-state index in [1.807, 2.05) is 43.4 Å². The molecule has 0 bridgehead atoms. The van der Waals surface area contributed by atoms with Gasteiger partial charge in [0, 0.05) is 25.5 Å². The van der Waals surface area contributed by atoms with Crippen molar-refractivity contribution in [3.8, 4) is 0 Å². The number of hydrogen-bond acceptors (Lipinski definition) is 3. The van der Waals surface area contributed by atoms with Crippen LogP contribution < -0.4 is 10.2 Å². The molecule has 1 aliphatic heterocycles. The molecule has 3 rings (SSSR count). The molecular formula is C16H17N3O. The molecule has 2 heterocycles. The molecule has 4 heteroatoms. The molecule has 0 radical (unpaired) electrons. The van der Waals surface area contributed by atoms with Gasteiger partial charge in [0.25, 0.3) is 0 Å². The van der Waals surface area contributed by atoms with Gasteiger partial charge in [-0.05, 0) is 30.2 Å². The van der Waals surface area contributed by atoms with Crippen LogP contribution in [0.25, 0.3) is 0 Å². The number of fused-ring (bicyclic) bond motifs is 1. The average Bonchev–Trinajstić information content (AvgIpc) is 2.54. The summed E-state index contributed by atoms with van der Waals surface area (Å²) in [6, 6.07) is 11.8. The second-order valence-corrected chi connectivity index (χ2v) is 4.96. The van der Waals surface area contributed by atoms with Gasteiger partial charge in [-0.2, -0.15) is 0 Å². The third kappa shape index (κ3) is 2.25. The number of para-hydroxylation sites is 1. The molecule has 1 aliphatic rings. The Morgan fingerprint density at radius 3 is 2.95 bits per heavy atom. The number of benzene rings is 1. The fourth-order valence-corrected chi connectivity index (χ4v) is 2.64. The maximum Gasteiger partial charge on any atom is 0.234 e. The molecule has 1 atom stereocenters. The number of nitrogens with one attached hydrogen (secondary N) is 1. The molecule has 0 fully saturated rings. The van der Waals surface area contributed by atoms with Crippen LogP contribution in [0, 0.1) is 0 Å². The smallest absolute Gasteiger partial charge is 0.234 e. The summed E-state index contributed by atoms with van der Waals surface area (Å²) in [6.45, 7) is 0.828. The van der Waals surface area contributed by atoms with E-state index in [4.69, 9.17) is 0 Å². The van der Waals surface area contributed by atoms with E-state index in [0.29, 0.717) is 0 Å². The number of nitrogens with zero attached hydrogens (tertiary/aromatic N) is 2. The Hall–Kier alpha value is -2.36. The van der Waals surface area contributed by atoms with E-state index in [9.17, 15) is 4.79 Å². The summed E-state index contributed by atoms with van der Waals surface area (Å²) in [7, 11) is 1.81. The van der Waals surface area contributed by atoms with E-state index in [-0.39, 0.29) is 11.8 Å². The van der Waals surface area contributed by atoms with E-state index in [2.05, 4.69) is 10.3 Å². The van der Waals surface area contributed by atoms with E-state index in [1.54, 1.807) is 17.3 Å². The van der Waals surface area contributed by atoms with Gasteiger partial charge in [-0.1, -0.05) is 18.2 Å². The Labute approximate surface area is 118 Å². The minimum atomic E-state index is -0.0855. The van der Waals surface area contributed by atoms with Gasteiger partial charge in [0.1, 0.15) is 0 Å². The number of pyridine rings is 1. The Balaban J connectivity index is 1.89. The summed E-state index contributed by atoms with van der Waals surface area (Å²) in [6.07, 6.45) is 4.24. The van der Waals surface area contributed by atoms with Crippen LogP contribution in [0.1, 0.15) is 17.9 Å². The van der Waals surface area contributed by atoms with Crippen LogP contribution in [-0.2, 0) is 4.79 Å². The predicted octanol–water partition coefficient (Wildman–Crippen LogP) is 2.64. The number of hydrogen-bond donors (Lipinski definition) is 1. The van der Waals surface area contributed by atoms with Crippen LogP contribution >= 0.6 is 0 Å². The van der Waals surface area contributed by atoms with Gasteiger partial charge >= 0.3 is 0 Å². The first-order valence-electron chi connectivity index (χ1n) is 6.78. The van der Waals surface area contributed by atoms with Crippen molar-refractivity contribution in [1.29, 1.82) is 0 Å². The summed E-state index contributed by atoms with van der Waals surface area (Å²) in [4.78, 5) is 18.5. The van der Waals surface area contributed by atoms with Gasteiger partial charge in [0.2, 0.25) is 5.91 Å². The van der Waals surface area contributed by atoms with Crippen molar-refractivity contribution in [3.63, 3.8) is 0 Å². The summed E-state index contributed by atoms with van der Waals surface area (Å²) >= 11 is 0. The monoisotopic (exact) mass is 267 g/mol. The van der Waals surface area contributed by atoms with E-state index >= 15 is 0 Å². The summed E-state index contributed by atoms with van der Waals surface area (Å²) in [5, 5.41) is 3.34. The second kappa shape index (κ2) is 5.33. The van der Waals surface area contributed by atoms with Gasteiger partial charge < -0.3 is 10.2 Å². The molecule has 0 saturated heterocycles. The van der Waals surface area contributed by atoms with Crippen LogP contribution in [-0.4, -0.2) is 24.5 Å². The number of rotatable bonds is 2. The molecule has 1 aromatic heterocycles. The zero-order chi connectivity index (χ0) is 13.9. The van der Waals surface area contributed by atoms with Crippen LogP contribution in [0.15, 0.2) is 48.8 Å². The van der Waals surface area contributed by atoms with E-state index < -0.39 is 0 Å². The lowest BCUT2D eigenvalue weighted by Crippen LogP contribution is -2.34. The number of carbonyl (C=O) groups is 1. The molecule has 0 spiro atoms. The fraction of sp³-hybridized carbons (Fsp3) is 0.250. The minimum absolute atomic E-state index is 0.0855. The normalized spacial score (nSPS) is 16.9. The van der Waals surface area contributed by atoms with Crippen molar-refractivity contribution in [3.05, 3.63) is 54.4 Å². The first kappa shape index (κ1) is 12.7. The summed E-state index contributed by atoms with van der Waals surface area (Å²) < 4.78 is 0. The Morgan fingerprint density at radius 1 is 1.30 bits per heavy atom. The molecule has 0 aliphatic carbocycles. The lowest BCUT2D eigenvalue weighted by atomic mass is 9.90. The quantitative estimate of drug-likeness (QED) is 0.909.